The summed E-state index contributed by atoms with van der Waals surface area (Å²) in [4.78, 5) is 11.5. The van der Waals surface area contributed by atoms with E-state index in [1.54, 1.807) is 13.2 Å². The smallest absolute Gasteiger partial charge is 0.286 e. The van der Waals surface area contributed by atoms with Crippen molar-refractivity contribution in [3.8, 4) is 16.9 Å². The zero-order chi connectivity index (χ0) is 15.0. The Kier molecular flexibility index (Phi) is 3.53. The molecule has 110 valence electrons. The molecule has 21 heavy (non-hydrogen) atoms. The fourth-order valence-corrected chi connectivity index (χ4v) is 2.31. The van der Waals surface area contributed by atoms with Crippen LogP contribution < -0.4 is 10.3 Å². The number of pyridine rings is 1. The molecule has 2 aromatic rings. The standard InChI is InChI=1S/C17H18FNO2/c1-11-3-6-16(21-10-12-4-5-12)14(7-11)13-8-15(18)17(20)19(2)9-13/h3,6-9,12H,4-5,10H2,1-2H3. The zero-order valence-corrected chi connectivity index (χ0v) is 12.2. The van der Waals surface area contributed by atoms with E-state index in [9.17, 15) is 9.18 Å². The molecule has 0 bridgehead atoms. The Bertz CT molecular complexity index is 706. The zero-order valence-electron chi connectivity index (χ0n) is 12.2. The number of rotatable bonds is 4. The van der Waals surface area contributed by atoms with Gasteiger partial charge in [0, 0.05) is 24.4 Å². The quantitative estimate of drug-likeness (QED) is 0.864. The first kappa shape index (κ1) is 13.9. The highest BCUT2D eigenvalue weighted by Crippen LogP contribution is 2.34. The van der Waals surface area contributed by atoms with Gasteiger partial charge in [0.15, 0.2) is 5.82 Å². The Labute approximate surface area is 123 Å². The fourth-order valence-electron chi connectivity index (χ4n) is 2.31. The number of aromatic nitrogens is 1. The van der Waals surface area contributed by atoms with E-state index < -0.39 is 11.4 Å². The average molecular weight is 287 g/mol. The van der Waals surface area contributed by atoms with E-state index in [0.717, 1.165) is 16.9 Å². The molecule has 1 heterocycles. The molecule has 1 saturated carbocycles. The molecule has 1 aliphatic rings. The lowest BCUT2D eigenvalue weighted by Gasteiger charge is -2.13. The van der Waals surface area contributed by atoms with Gasteiger partial charge in [0.25, 0.3) is 5.56 Å². The lowest BCUT2D eigenvalue weighted by atomic mass is 10.0. The molecule has 0 spiro atoms. The minimum atomic E-state index is -0.746. The fraction of sp³-hybridized carbons (Fsp3) is 0.353. The molecule has 0 aliphatic heterocycles. The van der Waals surface area contributed by atoms with Gasteiger partial charge in [-0.3, -0.25) is 4.79 Å². The van der Waals surface area contributed by atoms with Crippen LogP contribution in [0.1, 0.15) is 18.4 Å². The summed E-state index contributed by atoms with van der Waals surface area (Å²) in [6.45, 7) is 2.68. The first-order chi connectivity index (χ1) is 10.0. The summed E-state index contributed by atoms with van der Waals surface area (Å²) in [7, 11) is 1.55. The first-order valence-corrected chi connectivity index (χ1v) is 7.14. The topological polar surface area (TPSA) is 31.2 Å². The van der Waals surface area contributed by atoms with E-state index in [4.69, 9.17) is 4.74 Å². The Morgan fingerprint density at radius 2 is 2.10 bits per heavy atom. The van der Waals surface area contributed by atoms with Crippen molar-refractivity contribution in [3.05, 3.63) is 52.2 Å². The Balaban J connectivity index is 2.02. The molecule has 0 radical (unpaired) electrons. The Morgan fingerprint density at radius 1 is 1.33 bits per heavy atom. The molecule has 0 saturated heterocycles. The summed E-state index contributed by atoms with van der Waals surface area (Å²) in [6, 6.07) is 7.13. The number of hydrogen-bond donors (Lipinski definition) is 0. The number of hydrogen-bond acceptors (Lipinski definition) is 2. The van der Waals surface area contributed by atoms with E-state index in [0.29, 0.717) is 18.1 Å². The molecule has 0 N–H and O–H groups in total. The van der Waals surface area contributed by atoms with Crippen molar-refractivity contribution in [2.75, 3.05) is 6.61 Å². The molecule has 3 nitrogen and oxygen atoms in total. The summed E-state index contributed by atoms with van der Waals surface area (Å²) in [6.07, 6.45) is 4.08. The third kappa shape index (κ3) is 2.99. The average Bonchev–Trinajstić information content (AvgIpc) is 3.27. The summed E-state index contributed by atoms with van der Waals surface area (Å²) < 4.78 is 20.8. The van der Waals surface area contributed by atoms with E-state index in [1.165, 1.54) is 23.5 Å². The van der Waals surface area contributed by atoms with E-state index in [1.807, 2.05) is 25.1 Å². The Hall–Kier alpha value is -2.10. The van der Waals surface area contributed by atoms with Gasteiger partial charge in [0.05, 0.1) is 6.61 Å². The molecule has 1 aliphatic carbocycles. The van der Waals surface area contributed by atoms with Gasteiger partial charge in [-0.15, -0.1) is 0 Å². The largest absolute Gasteiger partial charge is 0.493 e. The van der Waals surface area contributed by atoms with Crippen molar-refractivity contribution in [2.45, 2.75) is 19.8 Å². The highest BCUT2D eigenvalue weighted by molar-refractivity contribution is 5.70. The number of nitrogens with zero attached hydrogens (tertiary/aromatic N) is 1. The maximum Gasteiger partial charge on any atom is 0.286 e. The lowest BCUT2D eigenvalue weighted by Crippen LogP contribution is -2.19. The Morgan fingerprint density at radius 3 is 2.76 bits per heavy atom. The molecular weight excluding hydrogens is 269 g/mol. The van der Waals surface area contributed by atoms with Crippen molar-refractivity contribution in [1.82, 2.24) is 4.57 Å². The molecule has 4 heteroatoms. The van der Waals surface area contributed by atoms with Gasteiger partial charge in [-0.1, -0.05) is 11.6 Å². The molecule has 1 fully saturated rings. The summed E-state index contributed by atoms with van der Waals surface area (Å²) in [5, 5.41) is 0. The molecule has 1 aromatic carbocycles. The van der Waals surface area contributed by atoms with Gasteiger partial charge in [-0.05, 0) is 43.9 Å². The third-order valence-electron chi connectivity index (χ3n) is 3.76. The second-order valence-corrected chi connectivity index (χ2v) is 5.75. The van der Waals surface area contributed by atoms with Crippen LogP contribution in [0, 0.1) is 18.7 Å². The monoisotopic (exact) mass is 287 g/mol. The van der Waals surface area contributed by atoms with Gasteiger partial charge in [-0.2, -0.15) is 0 Å². The maximum absolute atomic E-state index is 13.7. The van der Waals surface area contributed by atoms with Crippen LogP contribution in [0.3, 0.4) is 0 Å². The molecule has 0 amide bonds. The van der Waals surface area contributed by atoms with Gasteiger partial charge < -0.3 is 9.30 Å². The highest BCUT2D eigenvalue weighted by atomic mass is 19.1. The van der Waals surface area contributed by atoms with Gasteiger partial charge in [0.1, 0.15) is 5.75 Å². The minimum absolute atomic E-state index is 0.619. The summed E-state index contributed by atoms with van der Waals surface area (Å²) in [5.41, 5.74) is 1.93. The van der Waals surface area contributed by atoms with E-state index in [2.05, 4.69) is 0 Å². The minimum Gasteiger partial charge on any atom is -0.493 e. The van der Waals surface area contributed by atoms with Gasteiger partial charge in [-0.25, -0.2) is 4.39 Å². The van der Waals surface area contributed by atoms with Crippen LogP contribution >= 0.6 is 0 Å². The number of halogens is 1. The predicted molar refractivity (Wildman–Crippen MR) is 80.0 cm³/mol. The second kappa shape index (κ2) is 5.35. The molecular formula is C17H18FNO2. The van der Waals surface area contributed by atoms with E-state index in [-0.39, 0.29) is 0 Å². The number of ether oxygens (including phenoxy) is 1. The van der Waals surface area contributed by atoms with Crippen molar-refractivity contribution >= 4 is 0 Å². The molecule has 3 rings (SSSR count). The van der Waals surface area contributed by atoms with Crippen LogP contribution in [0.4, 0.5) is 4.39 Å². The van der Waals surface area contributed by atoms with Crippen LogP contribution in [0.2, 0.25) is 0 Å². The predicted octanol–water partition coefficient (Wildman–Crippen LogP) is 3.29. The molecule has 0 unspecified atom stereocenters. The van der Waals surface area contributed by atoms with Crippen LogP contribution in [0.5, 0.6) is 5.75 Å². The van der Waals surface area contributed by atoms with E-state index >= 15 is 0 Å². The summed E-state index contributed by atoms with van der Waals surface area (Å²) in [5.74, 6) is 0.645. The lowest BCUT2D eigenvalue weighted by molar-refractivity contribution is 0.301. The summed E-state index contributed by atoms with van der Waals surface area (Å²) >= 11 is 0. The van der Waals surface area contributed by atoms with Crippen molar-refractivity contribution in [2.24, 2.45) is 13.0 Å². The van der Waals surface area contributed by atoms with Crippen LogP contribution in [-0.2, 0) is 7.05 Å². The molecule has 0 atom stereocenters. The van der Waals surface area contributed by atoms with Crippen molar-refractivity contribution in [3.63, 3.8) is 0 Å². The van der Waals surface area contributed by atoms with Crippen LogP contribution in [-0.4, -0.2) is 11.2 Å². The van der Waals surface area contributed by atoms with Crippen LogP contribution in [0.15, 0.2) is 35.3 Å². The van der Waals surface area contributed by atoms with Gasteiger partial charge >= 0.3 is 0 Å². The van der Waals surface area contributed by atoms with Crippen molar-refractivity contribution in [1.29, 1.82) is 0 Å². The van der Waals surface area contributed by atoms with Crippen molar-refractivity contribution < 1.29 is 9.13 Å². The second-order valence-electron chi connectivity index (χ2n) is 5.75. The first-order valence-electron chi connectivity index (χ1n) is 7.14. The number of benzene rings is 1. The highest BCUT2D eigenvalue weighted by Gasteiger charge is 2.22. The van der Waals surface area contributed by atoms with Crippen LogP contribution in [0.25, 0.3) is 11.1 Å². The molecule has 1 aromatic heterocycles. The van der Waals surface area contributed by atoms with Gasteiger partial charge in [0.2, 0.25) is 0 Å². The third-order valence-corrected chi connectivity index (χ3v) is 3.76. The normalized spacial score (nSPS) is 14.2. The SMILES string of the molecule is Cc1ccc(OCC2CC2)c(-c2cc(F)c(=O)n(C)c2)c1. The maximum atomic E-state index is 13.7. The number of aryl methyl sites for hydroxylation is 2.